The molecule has 0 heterocycles. The predicted octanol–water partition coefficient (Wildman–Crippen LogP) is 2.93. The summed E-state index contributed by atoms with van der Waals surface area (Å²) in [6.07, 6.45) is 2.37. The molecule has 0 bridgehead atoms. The summed E-state index contributed by atoms with van der Waals surface area (Å²) in [5.74, 6) is 0.777. The van der Waals surface area contributed by atoms with E-state index in [9.17, 15) is 0 Å². The highest BCUT2D eigenvalue weighted by Gasteiger charge is 2.07. The standard InChI is InChI=1S/C16H28N2/c1-5-14(2)12-18(4)13-16-9-7-6-8-15(16)10-11-17-3/h6-9,14,17H,5,10-13H2,1-4H3. The van der Waals surface area contributed by atoms with Crippen molar-refractivity contribution < 1.29 is 0 Å². The van der Waals surface area contributed by atoms with Crippen LogP contribution >= 0.6 is 0 Å². The molecule has 0 saturated heterocycles. The Kier molecular flexibility index (Phi) is 6.99. The molecule has 0 aromatic heterocycles. The third-order valence-electron chi connectivity index (χ3n) is 3.52. The molecule has 18 heavy (non-hydrogen) atoms. The number of benzene rings is 1. The number of rotatable bonds is 8. The van der Waals surface area contributed by atoms with Crippen molar-refractivity contribution in [2.24, 2.45) is 5.92 Å². The van der Waals surface area contributed by atoms with Gasteiger partial charge in [-0.3, -0.25) is 0 Å². The van der Waals surface area contributed by atoms with E-state index in [4.69, 9.17) is 0 Å². The van der Waals surface area contributed by atoms with Crippen molar-refractivity contribution in [2.45, 2.75) is 33.2 Å². The van der Waals surface area contributed by atoms with Gasteiger partial charge in [-0.2, -0.15) is 0 Å². The highest BCUT2D eigenvalue weighted by molar-refractivity contribution is 5.27. The summed E-state index contributed by atoms with van der Waals surface area (Å²) in [6.45, 7) is 7.87. The highest BCUT2D eigenvalue weighted by atomic mass is 15.1. The Hall–Kier alpha value is -0.860. The topological polar surface area (TPSA) is 15.3 Å². The molecular formula is C16H28N2. The van der Waals surface area contributed by atoms with E-state index in [0.717, 1.165) is 25.4 Å². The highest BCUT2D eigenvalue weighted by Crippen LogP contribution is 2.13. The van der Waals surface area contributed by atoms with Crippen molar-refractivity contribution in [1.29, 1.82) is 0 Å². The quantitative estimate of drug-likeness (QED) is 0.761. The van der Waals surface area contributed by atoms with Gasteiger partial charge in [0.25, 0.3) is 0 Å². The number of nitrogens with zero attached hydrogens (tertiary/aromatic N) is 1. The van der Waals surface area contributed by atoms with Crippen molar-refractivity contribution in [3.05, 3.63) is 35.4 Å². The van der Waals surface area contributed by atoms with Gasteiger partial charge in [-0.25, -0.2) is 0 Å². The van der Waals surface area contributed by atoms with Crippen molar-refractivity contribution in [2.75, 3.05) is 27.2 Å². The molecule has 1 N–H and O–H groups in total. The molecule has 102 valence electrons. The second-order valence-electron chi connectivity index (χ2n) is 5.33. The fourth-order valence-electron chi connectivity index (χ4n) is 2.23. The molecule has 0 amide bonds. The Labute approximate surface area is 112 Å². The monoisotopic (exact) mass is 248 g/mol. The van der Waals surface area contributed by atoms with Gasteiger partial charge in [0.2, 0.25) is 0 Å². The van der Waals surface area contributed by atoms with Crippen molar-refractivity contribution in [3.8, 4) is 0 Å². The molecule has 0 saturated carbocycles. The largest absolute Gasteiger partial charge is 0.319 e. The first kappa shape index (κ1) is 15.2. The maximum absolute atomic E-state index is 3.22. The average molecular weight is 248 g/mol. The molecule has 1 atom stereocenters. The number of hydrogen-bond donors (Lipinski definition) is 1. The second kappa shape index (κ2) is 8.28. The molecule has 2 heteroatoms. The van der Waals surface area contributed by atoms with E-state index in [1.165, 1.54) is 24.1 Å². The molecule has 0 spiro atoms. The Balaban J connectivity index is 2.59. The van der Waals surface area contributed by atoms with Gasteiger partial charge in [-0.1, -0.05) is 44.5 Å². The Morgan fingerprint density at radius 2 is 1.89 bits per heavy atom. The van der Waals surface area contributed by atoms with Gasteiger partial charge in [0, 0.05) is 13.1 Å². The van der Waals surface area contributed by atoms with Crippen LogP contribution < -0.4 is 5.32 Å². The van der Waals surface area contributed by atoms with Crippen LogP contribution in [0.4, 0.5) is 0 Å². The van der Waals surface area contributed by atoms with Crippen LogP contribution in [0, 0.1) is 5.92 Å². The lowest BCUT2D eigenvalue weighted by atomic mass is 10.0. The predicted molar refractivity (Wildman–Crippen MR) is 79.9 cm³/mol. The summed E-state index contributed by atoms with van der Waals surface area (Å²) in [7, 11) is 4.23. The summed E-state index contributed by atoms with van der Waals surface area (Å²) >= 11 is 0. The number of hydrogen-bond acceptors (Lipinski definition) is 2. The molecule has 2 nitrogen and oxygen atoms in total. The Bertz CT molecular complexity index is 336. The Morgan fingerprint density at radius 3 is 2.50 bits per heavy atom. The zero-order valence-corrected chi connectivity index (χ0v) is 12.4. The zero-order valence-electron chi connectivity index (χ0n) is 12.4. The van der Waals surface area contributed by atoms with E-state index < -0.39 is 0 Å². The van der Waals surface area contributed by atoms with E-state index in [-0.39, 0.29) is 0 Å². The normalized spacial score (nSPS) is 12.9. The van der Waals surface area contributed by atoms with Crippen LogP contribution in [0.5, 0.6) is 0 Å². The molecule has 1 rings (SSSR count). The minimum absolute atomic E-state index is 0.777. The molecule has 1 aromatic rings. The Morgan fingerprint density at radius 1 is 1.22 bits per heavy atom. The summed E-state index contributed by atoms with van der Waals surface area (Å²) in [6, 6.07) is 8.81. The lowest BCUT2D eigenvalue weighted by Crippen LogP contribution is -2.24. The lowest BCUT2D eigenvalue weighted by Gasteiger charge is -2.22. The summed E-state index contributed by atoms with van der Waals surface area (Å²) < 4.78 is 0. The molecule has 1 unspecified atom stereocenters. The minimum atomic E-state index is 0.777. The molecule has 0 aliphatic rings. The van der Waals surface area contributed by atoms with Crippen LogP contribution in [0.1, 0.15) is 31.4 Å². The first-order chi connectivity index (χ1) is 8.67. The maximum atomic E-state index is 3.22. The van der Waals surface area contributed by atoms with Crippen LogP contribution in [0.25, 0.3) is 0 Å². The van der Waals surface area contributed by atoms with Gasteiger partial charge in [-0.15, -0.1) is 0 Å². The van der Waals surface area contributed by atoms with Crippen LogP contribution in [-0.4, -0.2) is 32.1 Å². The van der Waals surface area contributed by atoms with E-state index in [1.807, 2.05) is 7.05 Å². The molecular weight excluding hydrogens is 220 g/mol. The first-order valence-electron chi connectivity index (χ1n) is 7.07. The van der Waals surface area contributed by atoms with E-state index in [0.29, 0.717) is 0 Å². The van der Waals surface area contributed by atoms with Gasteiger partial charge in [0.1, 0.15) is 0 Å². The summed E-state index contributed by atoms with van der Waals surface area (Å²) in [4.78, 5) is 2.44. The first-order valence-corrected chi connectivity index (χ1v) is 7.07. The van der Waals surface area contributed by atoms with Crippen LogP contribution in [0.3, 0.4) is 0 Å². The SMILES string of the molecule is CCC(C)CN(C)Cc1ccccc1CCNC. The second-order valence-corrected chi connectivity index (χ2v) is 5.33. The molecule has 0 fully saturated rings. The maximum Gasteiger partial charge on any atom is 0.0233 e. The number of likely N-dealkylation sites (N-methyl/N-ethyl adjacent to an activating group) is 1. The summed E-state index contributed by atoms with van der Waals surface area (Å²) in [5.41, 5.74) is 2.95. The van der Waals surface area contributed by atoms with E-state index in [2.05, 4.69) is 55.4 Å². The van der Waals surface area contributed by atoms with Crippen LogP contribution in [0.2, 0.25) is 0 Å². The van der Waals surface area contributed by atoms with E-state index in [1.54, 1.807) is 0 Å². The van der Waals surface area contributed by atoms with Crippen molar-refractivity contribution in [3.63, 3.8) is 0 Å². The van der Waals surface area contributed by atoms with Crippen molar-refractivity contribution >= 4 is 0 Å². The van der Waals surface area contributed by atoms with E-state index >= 15 is 0 Å². The molecule has 0 aliphatic heterocycles. The third-order valence-corrected chi connectivity index (χ3v) is 3.52. The van der Waals surface area contributed by atoms with Gasteiger partial charge in [-0.05, 0) is 44.1 Å². The minimum Gasteiger partial charge on any atom is -0.319 e. The average Bonchev–Trinajstić information content (AvgIpc) is 2.37. The smallest absolute Gasteiger partial charge is 0.0233 e. The fraction of sp³-hybridized carbons (Fsp3) is 0.625. The fourth-order valence-corrected chi connectivity index (χ4v) is 2.23. The van der Waals surface area contributed by atoms with Crippen molar-refractivity contribution in [1.82, 2.24) is 10.2 Å². The van der Waals surface area contributed by atoms with Gasteiger partial charge in [0.05, 0.1) is 0 Å². The van der Waals surface area contributed by atoms with Gasteiger partial charge < -0.3 is 10.2 Å². The van der Waals surface area contributed by atoms with Crippen LogP contribution in [-0.2, 0) is 13.0 Å². The van der Waals surface area contributed by atoms with Gasteiger partial charge >= 0.3 is 0 Å². The summed E-state index contributed by atoms with van der Waals surface area (Å²) in [5, 5.41) is 3.22. The van der Waals surface area contributed by atoms with Gasteiger partial charge in [0.15, 0.2) is 0 Å². The molecule has 1 aromatic carbocycles. The zero-order chi connectivity index (χ0) is 13.4. The van der Waals surface area contributed by atoms with Crippen LogP contribution in [0.15, 0.2) is 24.3 Å². The lowest BCUT2D eigenvalue weighted by molar-refractivity contribution is 0.274. The third kappa shape index (κ3) is 5.19. The molecule has 0 aliphatic carbocycles. The number of nitrogens with one attached hydrogen (secondary N) is 1. The molecule has 0 radical (unpaired) electrons.